The maximum Gasteiger partial charge on any atom is 0.339 e. The predicted molar refractivity (Wildman–Crippen MR) is 174 cm³/mol. The van der Waals surface area contributed by atoms with Crippen LogP contribution in [-0.2, 0) is 17.8 Å². The summed E-state index contributed by atoms with van der Waals surface area (Å²) < 4.78 is 5.20. The number of carbonyl (C=O) groups excluding carboxylic acids is 2. The normalized spacial score (nSPS) is 11.8. The van der Waals surface area contributed by atoms with E-state index in [2.05, 4.69) is 9.97 Å². The van der Waals surface area contributed by atoms with Gasteiger partial charge in [0.05, 0.1) is 31.1 Å². The van der Waals surface area contributed by atoms with Crippen molar-refractivity contribution in [2.75, 3.05) is 7.11 Å². The summed E-state index contributed by atoms with van der Waals surface area (Å²) >= 11 is 0. The lowest BCUT2D eigenvalue weighted by Gasteiger charge is -2.31. The van der Waals surface area contributed by atoms with Crippen LogP contribution in [0.5, 0.6) is 5.75 Å². The molecule has 0 spiro atoms. The van der Waals surface area contributed by atoms with E-state index in [4.69, 9.17) is 16.2 Å². The number of ether oxygens (including phenoxy) is 1. The van der Waals surface area contributed by atoms with Crippen LogP contribution in [0, 0.1) is 13.8 Å². The van der Waals surface area contributed by atoms with Crippen molar-refractivity contribution in [3.8, 4) is 17.0 Å². The number of nitrogens with one attached hydrogen (secondary N) is 1. The number of aromatic amines is 1. The van der Waals surface area contributed by atoms with Gasteiger partial charge in [-0.1, -0.05) is 36.4 Å². The molecule has 0 aliphatic rings. The van der Waals surface area contributed by atoms with Gasteiger partial charge in [-0.3, -0.25) is 9.59 Å². The van der Waals surface area contributed by atoms with Crippen molar-refractivity contribution >= 4 is 42.6 Å². The molecule has 234 valence electrons. The molecule has 0 unspecified atom stereocenters. The van der Waals surface area contributed by atoms with E-state index in [9.17, 15) is 19.5 Å². The van der Waals surface area contributed by atoms with Crippen LogP contribution in [0.15, 0.2) is 66.9 Å². The van der Waals surface area contributed by atoms with Crippen LogP contribution in [0.4, 0.5) is 0 Å². The summed E-state index contributed by atoms with van der Waals surface area (Å²) in [4.78, 5) is 47.1. The van der Waals surface area contributed by atoms with Crippen LogP contribution in [0.3, 0.4) is 0 Å². The Kier molecular flexibility index (Phi) is 12.5. The molecule has 10 nitrogen and oxygen atoms in total. The minimum Gasteiger partial charge on any atom is -0.496 e. The molecule has 0 radical (unpaired) electrons. The molecule has 0 saturated heterocycles. The number of hydrogen-bond acceptors (Lipinski definition) is 6. The number of nitrogens with two attached hydrogens (primary N) is 2. The SMILES string of the molecule is COc1ccc(CN(C(=O)[C@@H](N)Cc2c(C)cc(C(N)=O)cc2C)[C@H](C)c2ncc(-c3ccccc3)[nH]2)cc1C(=O)O.Cl.Cl. The molecule has 0 aliphatic carbocycles. The summed E-state index contributed by atoms with van der Waals surface area (Å²) in [5.41, 5.74) is 17.2. The number of aryl methyl sites for hydroxylation is 2. The number of benzene rings is 3. The smallest absolute Gasteiger partial charge is 0.339 e. The number of imidazole rings is 1. The second-order valence-electron chi connectivity index (χ2n) is 10.3. The van der Waals surface area contributed by atoms with Crippen molar-refractivity contribution in [3.05, 3.63) is 106 Å². The summed E-state index contributed by atoms with van der Waals surface area (Å²) in [5, 5.41) is 9.70. The van der Waals surface area contributed by atoms with E-state index >= 15 is 0 Å². The molecular weight excluding hydrogens is 605 g/mol. The largest absolute Gasteiger partial charge is 0.496 e. The van der Waals surface area contributed by atoms with Gasteiger partial charge in [0, 0.05) is 12.1 Å². The van der Waals surface area contributed by atoms with Crippen molar-refractivity contribution in [2.24, 2.45) is 11.5 Å². The maximum atomic E-state index is 14.0. The van der Waals surface area contributed by atoms with Gasteiger partial charge in [-0.05, 0) is 79.3 Å². The number of carboxylic acid groups (broad SMARTS) is 1. The highest BCUT2D eigenvalue weighted by Gasteiger charge is 2.29. The molecule has 2 amide bonds. The Morgan fingerprint density at radius 1 is 1.02 bits per heavy atom. The van der Waals surface area contributed by atoms with Gasteiger partial charge in [-0.15, -0.1) is 24.8 Å². The van der Waals surface area contributed by atoms with Gasteiger partial charge >= 0.3 is 5.97 Å². The first-order valence-corrected chi connectivity index (χ1v) is 13.5. The fourth-order valence-electron chi connectivity index (χ4n) is 5.06. The number of aromatic nitrogens is 2. The van der Waals surface area contributed by atoms with Crippen LogP contribution in [0.2, 0.25) is 0 Å². The van der Waals surface area contributed by atoms with E-state index in [1.54, 1.807) is 35.4 Å². The number of nitrogens with zero attached hydrogens (tertiary/aromatic N) is 2. The Balaban J connectivity index is 0.00000337. The number of amides is 2. The molecule has 0 saturated carbocycles. The Labute approximate surface area is 268 Å². The van der Waals surface area contributed by atoms with E-state index in [1.807, 2.05) is 51.1 Å². The molecule has 0 bridgehead atoms. The van der Waals surface area contributed by atoms with Gasteiger partial charge in [0.2, 0.25) is 11.8 Å². The van der Waals surface area contributed by atoms with Gasteiger partial charge < -0.3 is 31.2 Å². The highest BCUT2D eigenvalue weighted by molar-refractivity contribution is 5.93. The number of carboxylic acids is 1. The zero-order chi connectivity index (χ0) is 30.6. The van der Waals surface area contributed by atoms with E-state index in [0.29, 0.717) is 17.0 Å². The minimum absolute atomic E-state index is 0. The number of rotatable bonds is 11. The average molecular weight is 643 g/mol. The van der Waals surface area contributed by atoms with Crippen LogP contribution >= 0.6 is 24.8 Å². The number of H-pyrrole nitrogens is 1. The summed E-state index contributed by atoms with van der Waals surface area (Å²) in [7, 11) is 1.40. The quantitative estimate of drug-likeness (QED) is 0.179. The molecule has 1 aromatic heterocycles. The Morgan fingerprint density at radius 2 is 1.66 bits per heavy atom. The molecule has 12 heteroatoms. The fourth-order valence-corrected chi connectivity index (χ4v) is 5.06. The third-order valence-corrected chi connectivity index (χ3v) is 7.40. The molecular formula is C32H37Cl2N5O5. The van der Waals surface area contributed by atoms with Gasteiger partial charge in [0.1, 0.15) is 17.1 Å². The number of carbonyl (C=O) groups is 3. The summed E-state index contributed by atoms with van der Waals surface area (Å²) in [6.07, 6.45) is 1.95. The summed E-state index contributed by atoms with van der Waals surface area (Å²) in [6.45, 7) is 5.63. The average Bonchev–Trinajstić information content (AvgIpc) is 3.47. The van der Waals surface area contributed by atoms with Crippen LogP contribution in [-0.4, -0.2) is 50.9 Å². The van der Waals surface area contributed by atoms with Crippen molar-refractivity contribution in [3.63, 3.8) is 0 Å². The Bertz CT molecular complexity index is 1600. The first-order valence-electron chi connectivity index (χ1n) is 13.5. The van der Waals surface area contributed by atoms with Gasteiger partial charge in [-0.2, -0.15) is 0 Å². The first kappa shape index (κ1) is 35.8. The molecule has 0 fully saturated rings. The summed E-state index contributed by atoms with van der Waals surface area (Å²) in [5.74, 6) is -1.23. The Morgan fingerprint density at radius 3 is 2.23 bits per heavy atom. The maximum absolute atomic E-state index is 14.0. The van der Waals surface area contributed by atoms with Crippen LogP contribution < -0.4 is 16.2 Å². The second kappa shape index (κ2) is 15.4. The molecule has 2 atom stereocenters. The number of aromatic carboxylic acids is 1. The van der Waals surface area contributed by atoms with Gasteiger partial charge in [-0.25, -0.2) is 9.78 Å². The topological polar surface area (TPSA) is 165 Å². The molecule has 1 heterocycles. The third kappa shape index (κ3) is 7.96. The first-order chi connectivity index (χ1) is 20.0. The number of primary amides is 1. The van der Waals surface area contributed by atoms with Crippen molar-refractivity contribution in [2.45, 2.75) is 45.8 Å². The van der Waals surface area contributed by atoms with E-state index in [0.717, 1.165) is 27.9 Å². The van der Waals surface area contributed by atoms with Gasteiger partial charge in [0.15, 0.2) is 0 Å². The second-order valence-corrected chi connectivity index (χ2v) is 10.3. The number of halogens is 2. The molecule has 4 rings (SSSR count). The number of hydrogen-bond donors (Lipinski definition) is 4. The fraction of sp³-hybridized carbons (Fsp3) is 0.250. The lowest BCUT2D eigenvalue weighted by atomic mass is 9.93. The molecule has 44 heavy (non-hydrogen) atoms. The third-order valence-electron chi connectivity index (χ3n) is 7.40. The van der Waals surface area contributed by atoms with Crippen molar-refractivity contribution in [1.82, 2.24) is 14.9 Å². The molecule has 6 N–H and O–H groups in total. The van der Waals surface area contributed by atoms with E-state index in [-0.39, 0.29) is 55.0 Å². The highest BCUT2D eigenvalue weighted by atomic mass is 35.5. The lowest BCUT2D eigenvalue weighted by molar-refractivity contribution is -0.135. The summed E-state index contributed by atoms with van der Waals surface area (Å²) in [6, 6.07) is 16.4. The van der Waals surface area contributed by atoms with E-state index < -0.39 is 24.0 Å². The van der Waals surface area contributed by atoms with Gasteiger partial charge in [0.25, 0.3) is 0 Å². The lowest BCUT2D eigenvalue weighted by Crippen LogP contribution is -2.46. The monoisotopic (exact) mass is 641 g/mol. The highest BCUT2D eigenvalue weighted by Crippen LogP contribution is 2.28. The number of methoxy groups -OCH3 is 1. The Hall–Kier alpha value is -4.38. The minimum atomic E-state index is -1.14. The van der Waals surface area contributed by atoms with Crippen LogP contribution in [0.25, 0.3) is 11.3 Å². The van der Waals surface area contributed by atoms with Crippen LogP contribution in [0.1, 0.15) is 61.8 Å². The molecule has 4 aromatic rings. The van der Waals surface area contributed by atoms with E-state index in [1.165, 1.54) is 13.2 Å². The zero-order valence-electron chi connectivity index (χ0n) is 24.9. The standard InChI is InChI=1S/C32H35N5O5.2ClH/c1-18-12-23(29(34)38)13-19(2)24(18)15-26(33)31(39)37(17-21-10-11-28(42-4)25(14-21)32(40)41)20(3)30-35-16-27(36-30)22-8-6-5-7-9-22;;/h5-14,16,20,26H,15,17,33H2,1-4H3,(H2,34,38)(H,35,36)(H,40,41);2*1H/t20-,26+;;/m1../s1. The molecule has 0 aliphatic heterocycles. The molecule has 3 aromatic carbocycles. The van der Waals surface area contributed by atoms with Crippen molar-refractivity contribution in [1.29, 1.82) is 0 Å². The zero-order valence-corrected chi connectivity index (χ0v) is 26.5. The van der Waals surface area contributed by atoms with Crippen molar-refractivity contribution < 1.29 is 24.2 Å². The predicted octanol–water partition coefficient (Wildman–Crippen LogP) is 5.00.